The van der Waals surface area contributed by atoms with E-state index in [4.69, 9.17) is 8.83 Å². The van der Waals surface area contributed by atoms with Gasteiger partial charge in [0.25, 0.3) is 0 Å². The molecule has 4 nitrogen and oxygen atoms in total. The van der Waals surface area contributed by atoms with Crippen molar-refractivity contribution in [1.82, 2.24) is 0 Å². The molecule has 9 aromatic rings. The Morgan fingerprint density at radius 2 is 1.16 bits per heavy atom. The van der Waals surface area contributed by atoms with Crippen LogP contribution in [0.15, 0.2) is 136 Å². The molecular formula is C58H55BN2O2. The third-order valence-corrected chi connectivity index (χ3v) is 15.1. The van der Waals surface area contributed by atoms with Crippen LogP contribution in [-0.4, -0.2) is 6.85 Å². The van der Waals surface area contributed by atoms with Gasteiger partial charge in [-0.15, -0.1) is 0 Å². The van der Waals surface area contributed by atoms with E-state index in [1.54, 1.807) is 0 Å². The molecule has 1 aliphatic carbocycles. The normalized spacial score (nSPS) is 15.9. The largest absolute Gasteiger partial charge is 0.456 e. The van der Waals surface area contributed by atoms with Gasteiger partial charge < -0.3 is 18.5 Å². The van der Waals surface area contributed by atoms with E-state index in [9.17, 15) is 0 Å². The summed E-state index contributed by atoms with van der Waals surface area (Å²) in [5.41, 5.74) is 20.2. The number of hydrogen-bond acceptors (Lipinski definition) is 4. The molecule has 4 heterocycles. The van der Waals surface area contributed by atoms with E-state index in [2.05, 4.69) is 179 Å². The fourth-order valence-corrected chi connectivity index (χ4v) is 11.4. The molecule has 7 aromatic carbocycles. The van der Waals surface area contributed by atoms with Crippen LogP contribution in [-0.2, 0) is 23.7 Å². The third kappa shape index (κ3) is 5.81. The average molecular weight is 823 g/mol. The van der Waals surface area contributed by atoms with E-state index in [0.717, 1.165) is 69.9 Å². The van der Waals surface area contributed by atoms with Gasteiger partial charge in [-0.2, -0.15) is 0 Å². The molecule has 2 aliphatic heterocycles. The van der Waals surface area contributed by atoms with Gasteiger partial charge in [0.05, 0.1) is 0 Å². The summed E-state index contributed by atoms with van der Waals surface area (Å²) in [5.74, 6) is 0. The fourth-order valence-electron chi connectivity index (χ4n) is 11.4. The first-order valence-corrected chi connectivity index (χ1v) is 23.5. The Labute approximate surface area is 371 Å². The molecule has 5 heteroatoms. The summed E-state index contributed by atoms with van der Waals surface area (Å²) in [6.45, 7) is 14.0. The molecule has 0 atom stereocenters. The fraction of sp³-hybridized carbons (Fsp3) is 0.276. The van der Waals surface area contributed by atoms with E-state index in [1.165, 1.54) is 98.1 Å². The van der Waals surface area contributed by atoms with Gasteiger partial charge in [0.15, 0.2) is 0 Å². The Morgan fingerprint density at radius 3 is 1.87 bits per heavy atom. The summed E-state index contributed by atoms with van der Waals surface area (Å²) in [6.07, 6.45) is 9.24. The summed E-state index contributed by atoms with van der Waals surface area (Å²) < 4.78 is 14.1. The molecule has 3 aliphatic rings. The molecular weight excluding hydrogens is 767 g/mol. The van der Waals surface area contributed by atoms with Gasteiger partial charge >= 0.3 is 6.85 Å². The number of fused-ring (bicyclic) bond motifs is 12. The van der Waals surface area contributed by atoms with Crippen LogP contribution >= 0.6 is 0 Å². The summed E-state index contributed by atoms with van der Waals surface area (Å²) >= 11 is 0. The molecule has 0 amide bonds. The zero-order chi connectivity index (χ0) is 42.8. The van der Waals surface area contributed by atoms with Crippen molar-refractivity contribution < 1.29 is 8.83 Å². The van der Waals surface area contributed by atoms with Crippen molar-refractivity contribution in [3.8, 4) is 11.1 Å². The maximum Gasteiger partial charge on any atom is 0.333 e. The van der Waals surface area contributed by atoms with Crippen LogP contribution in [0.3, 0.4) is 0 Å². The first-order chi connectivity index (χ1) is 30.6. The molecule has 0 saturated carbocycles. The Morgan fingerprint density at radius 1 is 0.540 bits per heavy atom. The number of para-hydroxylation sites is 2. The van der Waals surface area contributed by atoms with Gasteiger partial charge in [0, 0.05) is 67.2 Å². The van der Waals surface area contributed by atoms with Crippen LogP contribution in [0.1, 0.15) is 102 Å². The van der Waals surface area contributed by atoms with Crippen LogP contribution in [0.5, 0.6) is 0 Å². The maximum atomic E-state index is 7.10. The standard InChI is InChI=1S/C58H55BN2O2/c1-7-9-15-36-21-25-38(26-22-36)60-48-19-13-12-18-47(48)59-55-50(60)33-43-40-17-11-14-20-51(40)63-56(43)54(55)44-31-41-42-32-45-46(58(5,6)30-29-57(45,3)4)34-52(42)62-53(41)35-49(44)61(59)39-27-23-37(24-28-39)16-10-8-2/h11-14,17-28,31-35H,7-10,15-16,29-30H2,1-6H3. The van der Waals surface area contributed by atoms with E-state index >= 15 is 0 Å². The molecule has 0 fully saturated rings. The van der Waals surface area contributed by atoms with Crippen molar-refractivity contribution in [1.29, 1.82) is 0 Å². The smallest absolute Gasteiger partial charge is 0.333 e. The summed E-state index contributed by atoms with van der Waals surface area (Å²) in [4.78, 5) is 5.13. The molecule has 0 unspecified atom stereocenters. The third-order valence-electron chi connectivity index (χ3n) is 15.1. The molecule has 0 bridgehead atoms. The number of anilines is 5. The second-order valence-corrected chi connectivity index (χ2v) is 20.0. The van der Waals surface area contributed by atoms with Crippen LogP contribution in [0.25, 0.3) is 55.0 Å². The Kier molecular flexibility index (Phi) is 8.65. The minimum Gasteiger partial charge on any atom is -0.456 e. The maximum absolute atomic E-state index is 7.10. The minimum absolute atomic E-state index is 0.0775. The predicted octanol–water partition coefficient (Wildman–Crippen LogP) is 15.2. The second-order valence-electron chi connectivity index (χ2n) is 20.0. The van der Waals surface area contributed by atoms with Gasteiger partial charge in [-0.1, -0.05) is 115 Å². The highest BCUT2D eigenvalue weighted by Gasteiger charge is 2.47. The van der Waals surface area contributed by atoms with Crippen LogP contribution in [0.4, 0.5) is 28.4 Å². The minimum atomic E-state index is -0.131. The van der Waals surface area contributed by atoms with E-state index in [0.29, 0.717) is 0 Å². The van der Waals surface area contributed by atoms with E-state index in [1.807, 2.05) is 0 Å². The Bertz CT molecular complexity index is 3280. The van der Waals surface area contributed by atoms with Crippen molar-refractivity contribution in [2.24, 2.45) is 0 Å². The topological polar surface area (TPSA) is 32.8 Å². The Balaban J connectivity index is 1.19. The van der Waals surface area contributed by atoms with Crippen molar-refractivity contribution in [3.05, 3.63) is 150 Å². The first-order valence-electron chi connectivity index (χ1n) is 23.5. The number of rotatable bonds is 8. The highest BCUT2D eigenvalue weighted by molar-refractivity contribution is 6.94. The SMILES string of the molecule is CCCCc1ccc(N2B3c4ccccc4N(c4ccc(CCCC)cc4)c4cc5c(oc6ccccc65)c(c43)-c3cc4c(cc32)oc2cc3c(cc24)C(C)(C)CCC3(C)C)cc1. The summed E-state index contributed by atoms with van der Waals surface area (Å²) in [6, 6.07) is 48.4. The number of unbranched alkanes of at least 4 members (excludes halogenated alkanes) is 2. The van der Waals surface area contributed by atoms with Crippen molar-refractivity contribution in [3.63, 3.8) is 0 Å². The highest BCUT2D eigenvalue weighted by atomic mass is 16.3. The summed E-state index contributed by atoms with van der Waals surface area (Å²) in [7, 11) is 0. The van der Waals surface area contributed by atoms with E-state index < -0.39 is 0 Å². The molecule has 63 heavy (non-hydrogen) atoms. The lowest BCUT2D eigenvalue weighted by molar-refractivity contribution is 0.332. The van der Waals surface area contributed by atoms with Gasteiger partial charge in [0.2, 0.25) is 0 Å². The predicted molar refractivity (Wildman–Crippen MR) is 267 cm³/mol. The molecule has 0 saturated heterocycles. The number of nitrogens with zero attached hydrogens (tertiary/aromatic N) is 2. The van der Waals surface area contributed by atoms with Crippen molar-refractivity contribution in [2.45, 2.75) is 104 Å². The number of furan rings is 2. The van der Waals surface area contributed by atoms with Crippen molar-refractivity contribution in [2.75, 3.05) is 9.71 Å². The average Bonchev–Trinajstić information content (AvgIpc) is 3.85. The highest BCUT2D eigenvalue weighted by Crippen LogP contribution is 2.53. The van der Waals surface area contributed by atoms with Gasteiger partial charge in [-0.3, -0.25) is 0 Å². The lowest BCUT2D eigenvalue weighted by Crippen LogP contribution is -2.61. The monoisotopic (exact) mass is 822 g/mol. The van der Waals surface area contributed by atoms with Gasteiger partial charge in [-0.05, 0) is 143 Å². The molecule has 0 N–H and O–H groups in total. The zero-order valence-corrected chi connectivity index (χ0v) is 37.6. The van der Waals surface area contributed by atoms with Gasteiger partial charge in [-0.25, -0.2) is 0 Å². The summed E-state index contributed by atoms with van der Waals surface area (Å²) in [5, 5.41) is 4.61. The number of benzene rings is 7. The molecule has 12 rings (SSSR count). The zero-order valence-electron chi connectivity index (χ0n) is 37.6. The van der Waals surface area contributed by atoms with E-state index in [-0.39, 0.29) is 17.7 Å². The molecule has 2 aromatic heterocycles. The molecule has 312 valence electrons. The van der Waals surface area contributed by atoms with Crippen LogP contribution < -0.4 is 20.6 Å². The molecule has 0 spiro atoms. The lowest BCUT2D eigenvalue weighted by atomic mass is 9.43. The quantitative estimate of drug-likeness (QED) is 0.143. The second kappa shape index (κ2) is 14.2. The van der Waals surface area contributed by atoms with Crippen LogP contribution in [0.2, 0.25) is 0 Å². The number of hydrogen-bond donors (Lipinski definition) is 0. The lowest BCUT2D eigenvalue weighted by Gasteiger charge is -2.45. The van der Waals surface area contributed by atoms with Crippen LogP contribution in [0, 0.1) is 0 Å². The molecule has 0 radical (unpaired) electrons. The van der Waals surface area contributed by atoms with Gasteiger partial charge in [0.1, 0.15) is 22.3 Å². The first kappa shape index (κ1) is 38.5. The van der Waals surface area contributed by atoms with Crippen molar-refractivity contribution >= 4 is 90.1 Å². The number of aryl methyl sites for hydroxylation is 2. The Hall–Kier alpha value is -6.20.